The fourth-order valence-corrected chi connectivity index (χ4v) is 4.27. The van der Waals surface area contributed by atoms with Crippen LogP contribution in [0.5, 0.6) is 0 Å². The van der Waals surface area contributed by atoms with Crippen molar-refractivity contribution in [1.29, 1.82) is 0 Å². The van der Waals surface area contributed by atoms with Gasteiger partial charge in [-0.3, -0.25) is 14.3 Å². The van der Waals surface area contributed by atoms with Crippen LogP contribution in [-0.2, 0) is 29.1 Å². The second-order valence-electron chi connectivity index (χ2n) is 7.85. The number of rotatable bonds is 5. The van der Waals surface area contributed by atoms with Crippen molar-refractivity contribution in [2.45, 2.75) is 45.7 Å². The van der Waals surface area contributed by atoms with Gasteiger partial charge < -0.3 is 9.80 Å². The molecule has 1 fully saturated rings. The van der Waals surface area contributed by atoms with E-state index in [-0.39, 0.29) is 17.7 Å². The lowest BCUT2D eigenvalue weighted by atomic mass is 9.95. The second-order valence-corrected chi connectivity index (χ2v) is 7.85. The highest BCUT2D eigenvalue weighted by Gasteiger charge is 2.33. The first kappa shape index (κ1) is 18.7. The van der Waals surface area contributed by atoms with Crippen molar-refractivity contribution >= 4 is 11.8 Å². The Kier molecular flexibility index (Phi) is 5.46. The third-order valence-corrected chi connectivity index (χ3v) is 5.73. The summed E-state index contributed by atoms with van der Waals surface area (Å²) in [7, 11) is 0. The summed E-state index contributed by atoms with van der Waals surface area (Å²) in [6.45, 7) is 5.42. The second kappa shape index (κ2) is 8.17. The highest BCUT2D eigenvalue weighted by molar-refractivity contribution is 5.84. The van der Waals surface area contributed by atoms with Crippen molar-refractivity contribution in [1.82, 2.24) is 19.6 Å². The van der Waals surface area contributed by atoms with Crippen LogP contribution in [0.4, 0.5) is 0 Å². The van der Waals surface area contributed by atoms with Gasteiger partial charge in [-0.25, -0.2) is 0 Å². The number of aromatic nitrogens is 2. The van der Waals surface area contributed by atoms with Crippen LogP contribution < -0.4 is 0 Å². The van der Waals surface area contributed by atoms with Crippen LogP contribution in [-0.4, -0.2) is 51.0 Å². The number of carbonyl (C=O) groups excluding carboxylic acids is 2. The number of piperidine rings is 1. The van der Waals surface area contributed by atoms with E-state index in [0.717, 1.165) is 37.3 Å². The van der Waals surface area contributed by atoms with Gasteiger partial charge in [-0.05, 0) is 24.5 Å². The Morgan fingerprint density at radius 1 is 1.21 bits per heavy atom. The molecule has 0 saturated carbocycles. The number of hydrogen-bond donors (Lipinski definition) is 0. The fraction of sp³-hybridized carbons (Fsp3) is 0.500. The van der Waals surface area contributed by atoms with Crippen LogP contribution in [0.2, 0.25) is 0 Å². The van der Waals surface area contributed by atoms with Gasteiger partial charge in [0.25, 0.3) is 0 Å². The van der Waals surface area contributed by atoms with Crippen molar-refractivity contribution in [2.24, 2.45) is 5.92 Å². The standard InChI is InChI=1S/C22H28N4O2/c1-2-10-24-15-18(8-9-21(24)27)22(28)25-11-12-26-20(16-25)14-19(23-26)13-17-6-4-3-5-7-17/h3-7,14,18H,2,8-13,15-16H2,1H3/t18-/m0/s1. The summed E-state index contributed by atoms with van der Waals surface area (Å²) in [5.41, 5.74) is 3.39. The van der Waals surface area contributed by atoms with Crippen molar-refractivity contribution in [3.8, 4) is 0 Å². The molecule has 28 heavy (non-hydrogen) atoms. The van der Waals surface area contributed by atoms with Gasteiger partial charge in [0.2, 0.25) is 11.8 Å². The Bertz CT molecular complexity index is 845. The minimum absolute atomic E-state index is 0.0671. The van der Waals surface area contributed by atoms with Crippen LogP contribution in [0, 0.1) is 5.92 Å². The van der Waals surface area contributed by atoms with Gasteiger partial charge in [0, 0.05) is 32.5 Å². The van der Waals surface area contributed by atoms with Crippen LogP contribution in [0.25, 0.3) is 0 Å². The maximum Gasteiger partial charge on any atom is 0.227 e. The molecule has 4 rings (SSSR count). The first-order valence-corrected chi connectivity index (χ1v) is 10.3. The summed E-state index contributed by atoms with van der Waals surface area (Å²) in [6.07, 6.45) is 2.90. The van der Waals surface area contributed by atoms with Crippen LogP contribution >= 0.6 is 0 Å². The van der Waals surface area contributed by atoms with E-state index < -0.39 is 0 Å². The molecule has 2 aliphatic heterocycles. The number of hydrogen-bond acceptors (Lipinski definition) is 3. The largest absolute Gasteiger partial charge is 0.342 e. The highest BCUT2D eigenvalue weighted by atomic mass is 16.2. The number of fused-ring (bicyclic) bond motifs is 1. The Morgan fingerprint density at radius 3 is 2.82 bits per heavy atom. The van der Waals surface area contributed by atoms with Gasteiger partial charge in [0.1, 0.15) is 0 Å². The zero-order chi connectivity index (χ0) is 19.5. The van der Waals surface area contributed by atoms with Crippen molar-refractivity contribution in [3.63, 3.8) is 0 Å². The Balaban J connectivity index is 1.41. The molecule has 148 valence electrons. The monoisotopic (exact) mass is 380 g/mol. The molecular weight excluding hydrogens is 352 g/mol. The molecule has 1 aromatic carbocycles. The molecule has 1 saturated heterocycles. The summed E-state index contributed by atoms with van der Waals surface area (Å²) >= 11 is 0. The van der Waals surface area contributed by atoms with Crippen molar-refractivity contribution in [2.75, 3.05) is 19.6 Å². The van der Waals surface area contributed by atoms with Gasteiger partial charge in [-0.1, -0.05) is 37.3 Å². The lowest BCUT2D eigenvalue weighted by Gasteiger charge is -2.36. The van der Waals surface area contributed by atoms with E-state index in [0.29, 0.717) is 32.5 Å². The summed E-state index contributed by atoms with van der Waals surface area (Å²) < 4.78 is 2.04. The van der Waals surface area contributed by atoms with Crippen LogP contribution in [0.3, 0.4) is 0 Å². The third-order valence-electron chi connectivity index (χ3n) is 5.73. The molecule has 0 spiro atoms. The number of likely N-dealkylation sites (tertiary alicyclic amines) is 1. The van der Waals surface area contributed by atoms with Crippen LogP contribution in [0.15, 0.2) is 36.4 Å². The predicted molar refractivity (Wildman–Crippen MR) is 106 cm³/mol. The average Bonchev–Trinajstić information content (AvgIpc) is 3.11. The molecule has 0 unspecified atom stereocenters. The molecule has 0 bridgehead atoms. The fourth-order valence-electron chi connectivity index (χ4n) is 4.27. The SMILES string of the molecule is CCCN1C[C@@H](C(=O)N2CCn3nc(Cc4ccccc4)cc3C2)CCC1=O. The quantitative estimate of drug-likeness (QED) is 0.801. The molecule has 2 aliphatic rings. The van der Waals surface area contributed by atoms with E-state index in [2.05, 4.69) is 25.1 Å². The van der Waals surface area contributed by atoms with E-state index in [1.807, 2.05) is 32.7 Å². The number of carbonyl (C=O) groups is 2. The number of nitrogens with zero attached hydrogens (tertiary/aromatic N) is 4. The summed E-state index contributed by atoms with van der Waals surface area (Å²) in [6, 6.07) is 12.5. The Labute approximate surface area is 166 Å². The van der Waals surface area contributed by atoms with E-state index in [1.54, 1.807) is 0 Å². The highest BCUT2D eigenvalue weighted by Crippen LogP contribution is 2.23. The van der Waals surface area contributed by atoms with Gasteiger partial charge in [-0.2, -0.15) is 5.10 Å². The minimum atomic E-state index is -0.0671. The van der Waals surface area contributed by atoms with Gasteiger partial charge in [0.05, 0.1) is 30.4 Å². The smallest absolute Gasteiger partial charge is 0.227 e. The molecule has 1 atom stereocenters. The van der Waals surface area contributed by atoms with Gasteiger partial charge in [-0.15, -0.1) is 0 Å². The molecule has 0 radical (unpaired) electrons. The molecule has 0 aliphatic carbocycles. The normalized spacial score (nSPS) is 19.6. The lowest BCUT2D eigenvalue weighted by Crippen LogP contribution is -2.48. The Hall–Kier alpha value is -2.63. The van der Waals surface area contributed by atoms with E-state index in [1.165, 1.54) is 5.56 Å². The molecule has 1 aromatic heterocycles. The molecule has 6 heteroatoms. The lowest BCUT2D eigenvalue weighted by molar-refractivity contribution is -0.144. The summed E-state index contributed by atoms with van der Waals surface area (Å²) in [4.78, 5) is 28.9. The van der Waals surface area contributed by atoms with Crippen LogP contribution in [0.1, 0.15) is 43.1 Å². The summed E-state index contributed by atoms with van der Waals surface area (Å²) in [5.74, 6) is 0.307. The molecule has 3 heterocycles. The molecule has 0 N–H and O–H groups in total. The van der Waals surface area contributed by atoms with Crippen molar-refractivity contribution in [3.05, 3.63) is 53.3 Å². The first-order chi connectivity index (χ1) is 13.6. The predicted octanol–water partition coefficient (Wildman–Crippen LogP) is 2.46. The van der Waals surface area contributed by atoms with E-state index in [9.17, 15) is 9.59 Å². The molecule has 6 nitrogen and oxygen atoms in total. The zero-order valence-electron chi connectivity index (χ0n) is 16.5. The number of benzene rings is 1. The topological polar surface area (TPSA) is 58.4 Å². The number of amides is 2. The zero-order valence-corrected chi connectivity index (χ0v) is 16.5. The van der Waals surface area contributed by atoms with Gasteiger partial charge in [0.15, 0.2) is 0 Å². The molecule has 2 aromatic rings. The Morgan fingerprint density at radius 2 is 2.04 bits per heavy atom. The molecular formula is C22H28N4O2. The van der Waals surface area contributed by atoms with E-state index in [4.69, 9.17) is 5.10 Å². The van der Waals surface area contributed by atoms with Crippen molar-refractivity contribution < 1.29 is 9.59 Å². The summed E-state index contributed by atoms with van der Waals surface area (Å²) in [5, 5.41) is 4.72. The molecule has 2 amide bonds. The first-order valence-electron chi connectivity index (χ1n) is 10.3. The minimum Gasteiger partial charge on any atom is -0.342 e. The maximum absolute atomic E-state index is 13.1. The average molecular weight is 380 g/mol. The maximum atomic E-state index is 13.1. The third kappa shape index (κ3) is 3.96. The van der Waals surface area contributed by atoms with Gasteiger partial charge >= 0.3 is 0 Å². The van der Waals surface area contributed by atoms with E-state index >= 15 is 0 Å².